The van der Waals surface area contributed by atoms with Gasteiger partial charge in [0.2, 0.25) is 0 Å². The van der Waals surface area contributed by atoms with Crippen molar-refractivity contribution >= 4 is 5.91 Å². The highest BCUT2D eigenvalue weighted by Gasteiger charge is 2.28. The van der Waals surface area contributed by atoms with Crippen molar-refractivity contribution in [2.75, 3.05) is 13.2 Å². The largest absolute Gasteiger partial charge is 0.484 e. The van der Waals surface area contributed by atoms with Crippen LogP contribution in [0, 0.1) is 0 Å². The second-order valence-electron chi connectivity index (χ2n) is 6.79. The van der Waals surface area contributed by atoms with Crippen LogP contribution < -0.4 is 19.5 Å². The van der Waals surface area contributed by atoms with Gasteiger partial charge in [0.05, 0.1) is 17.9 Å². The third kappa shape index (κ3) is 7.50. The van der Waals surface area contributed by atoms with Crippen LogP contribution in [0.2, 0.25) is 0 Å². The minimum absolute atomic E-state index is 0.00683. The fraction of sp³-hybridized carbons (Fsp3) is 0.217. The maximum absolute atomic E-state index is 12.2. The summed E-state index contributed by atoms with van der Waals surface area (Å²) >= 11 is 0. The first-order chi connectivity index (χ1) is 15.3. The van der Waals surface area contributed by atoms with Crippen LogP contribution in [0.1, 0.15) is 18.7 Å². The highest BCUT2D eigenvalue weighted by atomic mass is 19.4. The third-order valence-electron chi connectivity index (χ3n) is 4.16. The van der Waals surface area contributed by atoms with E-state index in [2.05, 4.69) is 15.0 Å². The van der Waals surface area contributed by atoms with E-state index >= 15 is 0 Å². The van der Waals surface area contributed by atoms with E-state index in [0.29, 0.717) is 22.9 Å². The molecule has 3 aromatic rings. The summed E-state index contributed by atoms with van der Waals surface area (Å²) in [5, 5.41) is 2.71. The van der Waals surface area contributed by atoms with Crippen LogP contribution in [0.4, 0.5) is 13.2 Å². The molecule has 32 heavy (non-hydrogen) atoms. The fourth-order valence-corrected chi connectivity index (χ4v) is 2.63. The van der Waals surface area contributed by atoms with E-state index in [1.54, 1.807) is 31.2 Å². The molecule has 0 radical (unpaired) electrons. The van der Waals surface area contributed by atoms with E-state index in [-0.39, 0.29) is 18.3 Å². The molecular weight excluding hydrogens is 425 g/mol. The second kappa shape index (κ2) is 10.5. The van der Waals surface area contributed by atoms with Crippen molar-refractivity contribution in [1.82, 2.24) is 10.3 Å². The lowest BCUT2D eigenvalue weighted by atomic mass is 10.2. The average molecular weight is 446 g/mol. The van der Waals surface area contributed by atoms with E-state index in [9.17, 15) is 18.0 Å². The van der Waals surface area contributed by atoms with Gasteiger partial charge < -0.3 is 19.5 Å². The molecule has 2 aromatic carbocycles. The molecule has 0 saturated heterocycles. The summed E-state index contributed by atoms with van der Waals surface area (Å²) in [6.45, 7) is 0.0964. The van der Waals surface area contributed by atoms with Crippen molar-refractivity contribution in [3.05, 3.63) is 78.6 Å². The monoisotopic (exact) mass is 446 g/mol. The van der Waals surface area contributed by atoms with Crippen LogP contribution in [0.5, 0.6) is 23.0 Å². The molecule has 0 saturated carbocycles. The van der Waals surface area contributed by atoms with Gasteiger partial charge in [-0.2, -0.15) is 13.2 Å². The summed E-state index contributed by atoms with van der Waals surface area (Å²) < 4.78 is 52.3. The van der Waals surface area contributed by atoms with Gasteiger partial charge >= 0.3 is 6.18 Å². The molecule has 0 spiro atoms. The first-order valence-electron chi connectivity index (χ1n) is 9.69. The molecule has 1 heterocycles. The number of nitrogens with zero attached hydrogens (tertiary/aromatic N) is 1. The van der Waals surface area contributed by atoms with Gasteiger partial charge in [0, 0.05) is 0 Å². The zero-order chi connectivity index (χ0) is 23.0. The molecule has 0 fully saturated rings. The Kier molecular flexibility index (Phi) is 7.54. The lowest BCUT2D eigenvalue weighted by Gasteiger charge is -2.15. The maximum Gasteiger partial charge on any atom is 0.422 e. The number of para-hydroxylation sites is 1. The Balaban J connectivity index is 1.44. The van der Waals surface area contributed by atoms with Crippen molar-refractivity contribution in [3.8, 4) is 23.0 Å². The van der Waals surface area contributed by atoms with E-state index in [1.165, 1.54) is 18.3 Å². The molecule has 0 aliphatic heterocycles. The Hall–Kier alpha value is -3.75. The van der Waals surface area contributed by atoms with Gasteiger partial charge in [0.1, 0.15) is 23.0 Å². The number of pyridine rings is 1. The molecule has 0 unspecified atom stereocenters. The van der Waals surface area contributed by atoms with E-state index in [4.69, 9.17) is 9.47 Å². The summed E-state index contributed by atoms with van der Waals surface area (Å²) in [4.78, 5) is 16.2. The first-order valence-corrected chi connectivity index (χ1v) is 9.69. The van der Waals surface area contributed by atoms with E-state index < -0.39 is 18.8 Å². The number of halogens is 3. The molecule has 0 bridgehead atoms. The fourth-order valence-electron chi connectivity index (χ4n) is 2.63. The number of carbonyl (C=O) groups is 1. The lowest BCUT2D eigenvalue weighted by molar-refractivity contribution is -0.153. The number of hydrogen-bond acceptors (Lipinski definition) is 5. The van der Waals surface area contributed by atoms with Crippen molar-refractivity contribution < 1.29 is 32.2 Å². The van der Waals surface area contributed by atoms with Gasteiger partial charge in [-0.25, -0.2) is 0 Å². The number of hydrogen-bond donors (Lipinski definition) is 1. The summed E-state index contributed by atoms with van der Waals surface area (Å²) in [7, 11) is 0. The van der Waals surface area contributed by atoms with Gasteiger partial charge in [-0.3, -0.25) is 9.78 Å². The number of nitrogens with one attached hydrogen (secondary N) is 1. The molecule has 1 N–H and O–H groups in total. The first kappa shape index (κ1) is 22.9. The number of amides is 1. The van der Waals surface area contributed by atoms with Crippen molar-refractivity contribution in [2.24, 2.45) is 0 Å². The molecule has 0 aliphatic carbocycles. The smallest absolute Gasteiger partial charge is 0.422 e. The summed E-state index contributed by atoms with van der Waals surface area (Å²) in [5.41, 5.74) is 0.472. The minimum atomic E-state index is -4.42. The molecule has 3 rings (SSSR count). The van der Waals surface area contributed by atoms with Crippen LogP contribution in [0.3, 0.4) is 0 Å². The normalized spacial score (nSPS) is 12.0. The Bertz CT molecular complexity index is 995. The summed E-state index contributed by atoms with van der Waals surface area (Å²) in [5.74, 6) is 1.46. The van der Waals surface area contributed by atoms with Gasteiger partial charge in [-0.05, 0) is 55.5 Å². The molecule has 168 valence electrons. The van der Waals surface area contributed by atoms with Gasteiger partial charge in [0.25, 0.3) is 5.91 Å². The molecule has 0 aliphatic rings. The predicted octanol–water partition coefficient (Wildman–Crippen LogP) is 5.07. The predicted molar refractivity (Wildman–Crippen MR) is 111 cm³/mol. The molecule has 1 aromatic heterocycles. The zero-order valence-corrected chi connectivity index (χ0v) is 17.1. The molecule has 6 nitrogen and oxygen atoms in total. The second-order valence-corrected chi connectivity index (χ2v) is 6.79. The van der Waals surface area contributed by atoms with Crippen LogP contribution in [0.25, 0.3) is 0 Å². The van der Waals surface area contributed by atoms with Crippen LogP contribution in [-0.2, 0) is 4.79 Å². The summed E-state index contributed by atoms with van der Waals surface area (Å²) in [6, 6.07) is 18.6. The lowest BCUT2D eigenvalue weighted by Crippen LogP contribution is -2.31. The highest BCUT2D eigenvalue weighted by Crippen LogP contribution is 2.23. The van der Waals surface area contributed by atoms with Crippen molar-refractivity contribution in [3.63, 3.8) is 0 Å². The van der Waals surface area contributed by atoms with Crippen molar-refractivity contribution in [1.29, 1.82) is 0 Å². The van der Waals surface area contributed by atoms with Gasteiger partial charge in [0.15, 0.2) is 13.2 Å². The minimum Gasteiger partial charge on any atom is -0.484 e. The molecule has 9 heteroatoms. The molecule has 1 atom stereocenters. The maximum atomic E-state index is 12.2. The number of rotatable bonds is 9. The zero-order valence-electron chi connectivity index (χ0n) is 17.1. The number of alkyl halides is 3. The Morgan fingerprint density at radius 3 is 2.16 bits per heavy atom. The van der Waals surface area contributed by atoms with Gasteiger partial charge in [-0.1, -0.05) is 18.2 Å². The molecular formula is C23H21F3N2O4. The SMILES string of the molecule is C[C@@H](NC(=O)COc1ccc(Oc2ccccc2)cc1)c1ccc(OCC(F)(F)F)cn1. The van der Waals surface area contributed by atoms with Crippen LogP contribution >= 0.6 is 0 Å². The standard InChI is InChI=1S/C23H21F3N2O4/c1-16(21-12-11-20(13-27-21)31-15-23(24,25)26)28-22(29)14-30-17-7-9-19(10-8-17)32-18-5-3-2-4-6-18/h2-13,16H,14-15H2,1H3,(H,28,29)/t16-/m1/s1. The summed E-state index contributed by atoms with van der Waals surface area (Å²) in [6.07, 6.45) is -3.24. The number of carbonyl (C=O) groups excluding carboxylic acids is 1. The third-order valence-corrected chi connectivity index (χ3v) is 4.16. The quantitative estimate of drug-likeness (QED) is 0.497. The van der Waals surface area contributed by atoms with Crippen LogP contribution in [-0.4, -0.2) is 30.3 Å². The Labute approximate surface area is 183 Å². The number of aromatic nitrogens is 1. The Morgan fingerprint density at radius 2 is 1.53 bits per heavy atom. The average Bonchev–Trinajstić information content (AvgIpc) is 2.78. The van der Waals surface area contributed by atoms with Crippen LogP contribution in [0.15, 0.2) is 72.9 Å². The number of ether oxygens (including phenoxy) is 3. The van der Waals surface area contributed by atoms with Crippen molar-refractivity contribution in [2.45, 2.75) is 19.1 Å². The van der Waals surface area contributed by atoms with Gasteiger partial charge in [-0.15, -0.1) is 0 Å². The molecule has 1 amide bonds. The Morgan fingerprint density at radius 1 is 0.906 bits per heavy atom. The van der Waals surface area contributed by atoms with E-state index in [0.717, 1.165) is 0 Å². The highest BCUT2D eigenvalue weighted by molar-refractivity contribution is 5.77. The topological polar surface area (TPSA) is 69.7 Å². The van der Waals surface area contributed by atoms with E-state index in [1.807, 2.05) is 30.3 Å². The number of benzene rings is 2.